The molecule has 0 saturated carbocycles. The predicted molar refractivity (Wildman–Crippen MR) is 84.6 cm³/mol. The van der Waals surface area contributed by atoms with E-state index in [1.807, 2.05) is 68.8 Å². The van der Waals surface area contributed by atoms with E-state index in [1.165, 1.54) is 0 Å². The third kappa shape index (κ3) is 3.88. The highest BCUT2D eigenvalue weighted by Crippen LogP contribution is 2.16. The highest BCUT2D eigenvalue weighted by Gasteiger charge is 2.07. The third-order valence-electron chi connectivity index (χ3n) is 3.39. The Morgan fingerprint density at radius 2 is 1.24 bits per heavy atom. The summed E-state index contributed by atoms with van der Waals surface area (Å²) >= 11 is 0. The summed E-state index contributed by atoms with van der Waals surface area (Å²) in [6, 6.07) is 15.1. The van der Waals surface area contributed by atoms with Crippen LogP contribution in [0.4, 0.5) is 0 Å². The van der Waals surface area contributed by atoms with Gasteiger partial charge in [-0.25, -0.2) is 0 Å². The summed E-state index contributed by atoms with van der Waals surface area (Å²) in [5.74, 6) is 0.278. The van der Waals surface area contributed by atoms with E-state index in [4.69, 9.17) is 0 Å². The third-order valence-corrected chi connectivity index (χ3v) is 3.39. The van der Waals surface area contributed by atoms with Crippen LogP contribution in [0.5, 0.6) is 0 Å². The van der Waals surface area contributed by atoms with Gasteiger partial charge in [0, 0.05) is 30.4 Å². The van der Waals surface area contributed by atoms with Gasteiger partial charge in [-0.3, -0.25) is 9.59 Å². The van der Waals surface area contributed by atoms with Crippen molar-refractivity contribution in [3.05, 3.63) is 77.2 Å². The Bertz CT molecular complexity index is 599. The summed E-state index contributed by atoms with van der Waals surface area (Å²) < 4.78 is 0. The van der Waals surface area contributed by atoms with Crippen molar-refractivity contribution in [3.8, 4) is 0 Å². The Labute approximate surface area is 125 Å². The van der Waals surface area contributed by atoms with Gasteiger partial charge in [-0.1, -0.05) is 50.2 Å². The van der Waals surface area contributed by atoms with Crippen molar-refractivity contribution >= 4 is 11.6 Å². The maximum absolute atomic E-state index is 11.7. The van der Waals surface area contributed by atoms with Gasteiger partial charge in [-0.2, -0.15) is 0 Å². The smallest absolute Gasteiger partial charge is 0.162 e. The fraction of sp³-hybridized carbons (Fsp3) is 0.211. The molecule has 0 spiro atoms. The minimum absolute atomic E-state index is 0.139. The molecule has 0 N–H and O–H groups in total. The standard InChI is InChI=1S/C19H19O2/c1-3-18(20)16-9-5-7-14(12-16)11-15-8-6-10-17(13-15)19(21)4-2/h5-13H,3-4H2,1-2H3. The van der Waals surface area contributed by atoms with Gasteiger partial charge in [-0.15, -0.1) is 0 Å². The van der Waals surface area contributed by atoms with Crippen LogP contribution in [0.3, 0.4) is 0 Å². The van der Waals surface area contributed by atoms with Gasteiger partial charge in [0.15, 0.2) is 11.6 Å². The Balaban J connectivity index is 2.22. The lowest BCUT2D eigenvalue weighted by Gasteiger charge is -2.06. The molecule has 21 heavy (non-hydrogen) atoms. The highest BCUT2D eigenvalue weighted by molar-refractivity contribution is 5.96. The number of Topliss-reactive ketones (excluding diaryl/α,β-unsaturated/α-hetero) is 2. The molecule has 0 saturated heterocycles. The molecule has 0 unspecified atom stereocenters. The zero-order valence-corrected chi connectivity index (χ0v) is 12.4. The molecule has 2 heteroatoms. The summed E-state index contributed by atoms with van der Waals surface area (Å²) in [4.78, 5) is 23.5. The van der Waals surface area contributed by atoms with Crippen LogP contribution in [0, 0.1) is 6.42 Å². The molecule has 0 heterocycles. The summed E-state index contributed by atoms with van der Waals surface area (Å²) in [6.07, 6.45) is 2.99. The van der Waals surface area contributed by atoms with Crippen LogP contribution in [0.2, 0.25) is 0 Å². The second-order valence-corrected chi connectivity index (χ2v) is 4.95. The fourth-order valence-electron chi connectivity index (χ4n) is 2.20. The van der Waals surface area contributed by atoms with Gasteiger partial charge < -0.3 is 0 Å². The molecule has 0 aliphatic carbocycles. The quantitative estimate of drug-likeness (QED) is 0.731. The second-order valence-electron chi connectivity index (χ2n) is 4.95. The first-order valence-electron chi connectivity index (χ1n) is 7.25. The van der Waals surface area contributed by atoms with E-state index < -0.39 is 0 Å². The van der Waals surface area contributed by atoms with E-state index in [9.17, 15) is 9.59 Å². The molecule has 107 valence electrons. The average molecular weight is 279 g/mol. The van der Waals surface area contributed by atoms with Crippen LogP contribution in [-0.2, 0) is 0 Å². The second kappa shape index (κ2) is 6.98. The fourth-order valence-corrected chi connectivity index (χ4v) is 2.20. The van der Waals surface area contributed by atoms with E-state index in [-0.39, 0.29) is 11.6 Å². The predicted octanol–water partition coefficient (Wildman–Crippen LogP) is 4.47. The Morgan fingerprint density at radius 1 is 0.810 bits per heavy atom. The minimum atomic E-state index is 0.139. The molecule has 1 radical (unpaired) electrons. The van der Waals surface area contributed by atoms with Crippen molar-refractivity contribution in [3.63, 3.8) is 0 Å². The van der Waals surface area contributed by atoms with Gasteiger partial charge in [0.2, 0.25) is 0 Å². The number of hydrogen-bond acceptors (Lipinski definition) is 2. The van der Waals surface area contributed by atoms with Crippen molar-refractivity contribution in [2.45, 2.75) is 26.7 Å². The maximum Gasteiger partial charge on any atom is 0.162 e. The largest absolute Gasteiger partial charge is 0.294 e. The average Bonchev–Trinajstić information content (AvgIpc) is 2.53. The van der Waals surface area contributed by atoms with Gasteiger partial charge in [-0.05, 0) is 23.3 Å². The summed E-state index contributed by atoms with van der Waals surface area (Å²) in [5, 5.41) is 0. The minimum Gasteiger partial charge on any atom is -0.294 e. The zero-order chi connectivity index (χ0) is 15.2. The first-order chi connectivity index (χ1) is 10.1. The molecule has 0 aromatic heterocycles. The van der Waals surface area contributed by atoms with E-state index in [0.29, 0.717) is 12.8 Å². The van der Waals surface area contributed by atoms with Crippen LogP contribution < -0.4 is 0 Å². The molecule has 2 aromatic rings. The first-order valence-corrected chi connectivity index (χ1v) is 7.25. The van der Waals surface area contributed by atoms with Gasteiger partial charge in [0.25, 0.3) is 0 Å². The lowest BCUT2D eigenvalue weighted by atomic mass is 9.98. The molecule has 0 atom stereocenters. The lowest BCUT2D eigenvalue weighted by Crippen LogP contribution is -1.99. The van der Waals surface area contributed by atoms with Crippen molar-refractivity contribution in [1.29, 1.82) is 0 Å². The number of carbonyl (C=O) groups excluding carboxylic acids is 2. The van der Waals surface area contributed by atoms with Gasteiger partial charge in [0.1, 0.15) is 0 Å². The number of rotatable bonds is 6. The van der Waals surface area contributed by atoms with Crippen molar-refractivity contribution in [1.82, 2.24) is 0 Å². The summed E-state index contributed by atoms with van der Waals surface area (Å²) in [6.45, 7) is 3.72. The van der Waals surface area contributed by atoms with Gasteiger partial charge >= 0.3 is 0 Å². The van der Waals surface area contributed by atoms with Crippen LogP contribution >= 0.6 is 0 Å². The van der Waals surface area contributed by atoms with Crippen molar-refractivity contribution < 1.29 is 9.59 Å². The molecule has 0 aliphatic heterocycles. The van der Waals surface area contributed by atoms with Gasteiger partial charge in [0.05, 0.1) is 0 Å². The molecule has 2 rings (SSSR count). The molecule has 0 aliphatic rings. The van der Waals surface area contributed by atoms with E-state index >= 15 is 0 Å². The number of carbonyl (C=O) groups is 2. The van der Waals surface area contributed by atoms with E-state index in [2.05, 4.69) is 0 Å². The van der Waals surface area contributed by atoms with Crippen molar-refractivity contribution in [2.24, 2.45) is 0 Å². The van der Waals surface area contributed by atoms with E-state index in [1.54, 1.807) is 0 Å². The Hall–Kier alpha value is -2.22. The normalized spacial score (nSPS) is 10.4. The molecule has 0 amide bonds. The molecular weight excluding hydrogens is 260 g/mol. The first kappa shape index (κ1) is 15.2. The maximum atomic E-state index is 11.7. The Morgan fingerprint density at radius 3 is 1.62 bits per heavy atom. The topological polar surface area (TPSA) is 34.1 Å². The Kier molecular flexibility index (Phi) is 5.04. The summed E-state index contributed by atoms with van der Waals surface area (Å²) in [7, 11) is 0. The number of hydrogen-bond donors (Lipinski definition) is 0. The molecule has 0 bridgehead atoms. The van der Waals surface area contributed by atoms with E-state index in [0.717, 1.165) is 22.3 Å². The number of benzene rings is 2. The highest BCUT2D eigenvalue weighted by atomic mass is 16.1. The number of ketones is 2. The monoisotopic (exact) mass is 279 g/mol. The van der Waals surface area contributed by atoms with Crippen LogP contribution in [0.15, 0.2) is 48.5 Å². The zero-order valence-electron chi connectivity index (χ0n) is 12.4. The van der Waals surface area contributed by atoms with Crippen LogP contribution in [-0.4, -0.2) is 11.6 Å². The molecule has 0 fully saturated rings. The molecule has 2 nitrogen and oxygen atoms in total. The van der Waals surface area contributed by atoms with Crippen LogP contribution in [0.1, 0.15) is 58.5 Å². The summed E-state index contributed by atoms with van der Waals surface area (Å²) in [5.41, 5.74) is 3.39. The molecule has 2 aromatic carbocycles. The van der Waals surface area contributed by atoms with Crippen LogP contribution in [0.25, 0.3) is 0 Å². The SMILES string of the molecule is CCC(=O)c1cccc([CH]c2cccc(C(=O)CC)c2)c1. The molecular formula is C19H19O2. The lowest BCUT2D eigenvalue weighted by molar-refractivity contribution is 0.0980. The van der Waals surface area contributed by atoms with Crippen molar-refractivity contribution in [2.75, 3.05) is 0 Å².